The second-order valence-electron chi connectivity index (χ2n) is 18.1. The van der Waals surface area contributed by atoms with Crippen LogP contribution < -0.4 is 0 Å². The minimum Gasteiger partial charge on any atom is -0.0985 e. The van der Waals surface area contributed by atoms with E-state index in [4.69, 9.17) is 0 Å². The highest BCUT2D eigenvalue weighted by atomic mass is 14.3. The largest absolute Gasteiger partial charge is 0.0985 e. The molecule has 0 radical (unpaired) electrons. The zero-order chi connectivity index (χ0) is 39.6. The summed E-state index contributed by atoms with van der Waals surface area (Å²) in [5.41, 5.74) is 14.2. The van der Waals surface area contributed by atoms with Gasteiger partial charge in [-0.15, -0.1) is 0 Å². The molecule has 0 aromatic heterocycles. The molecule has 7 aromatic carbocycles. The molecule has 0 saturated heterocycles. The van der Waals surface area contributed by atoms with Gasteiger partial charge in [-0.05, 0) is 186 Å². The van der Waals surface area contributed by atoms with Crippen molar-refractivity contribution in [3.63, 3.8) is 0 Å². The highest BCUT2D eigenvalue weighted by molar-refractivity contribution is 6.35. The van der Waals surface area contributed by atoms with Gasteiger partial charge in [-0.3, -0.25) is 0 Å². The first-order valence-corrected chi connectivity index (χ1v) is 23.3. The van der Waals surface area contributed by atoms with Gasteiger partial charge in [-0.2, -0.15) is 0 Å². The van der Waals surface area contributed by atoms with Crippen molar-refractivity contribution in [1.29, 1.82) is 0 Å². The smallest absolute Gasteiger partial charge is 0.00197 e. The van der Waals surface area contributed by atoms with Gasteiger partial charge in [-0.1, -0.05) is 164 Å². The summed E-state index contributed by atoms with van der Waals surface area (Å²) >= 11 is 0. The van der Waals surface area contributed by atoms with Gasteiger partial charge in [0, 0.05) is 0 Å². The molecule has 0 heteroatoms. The van der Waals surface area contributed by atoms with Crippen LogP contribution in [0.3, 0.4) is 0 Å². The van der Waals surface area contributed by atoms with E-state index in [1.54, 1.807) is 11.1 Å². The van der Waals surface area contributed by atoms with E-state index >= 15 is 0 Å². The van der Waals surface area contributed by atoms with Gasteiger partial charge < -0.3 is 0 Å². The van der Waals surface area contributed by atoms with Crippen LogP contribution in [0.2, 0.25) is 0 Å². The minimum atomic E-state index is 0.641. The molecular formula is C58H64. The van der Waals surface area contributed by atoms with Crippen LogP contribution in [0.1, 0.15) is 162 Å². The fourth-order valence-electron chi connectivity index (χ4n) is 11.3. The minimum absolute atomic E-state index is 0.641. The summed E-state index contributed by atoms with van der Waals surface area (Å²) in [7, 11) is 0. The van der Waals surface area contributed by atoms with E-state index in [0.717, 1.165) is 0 Å². The lowest BCUT2D eigenvalue weighted by atomic mass is 9.81. The van der Waals surface area contributed by atoms with Crippen molar-refractivity contribution < 1.29 is 0 Å². The van der Waals surface area contributed by atoms with E-state index in [9.17, 15) is 0 Å². The molecule has 0 atom stereocenters. The Hall–Kier alpha value is -4.68. The molecule has 0 spiro atoms. The average molecular weight is 761 g/mol. The van der Waals surface area contributed by atoms with Crippen LogP contribution in [-0.4, -0.2) is 0 Å². The summed E-state index contributed by atoms with van der Waals surface area (Å²) in [6, 6.07) is 34.6. The lowest BCUT2D eigenvalue weighted by Crippen LogP contribution is -2.00. The Morgan fingerprint density at radius 3 is 1.22 bits per heavy atom. The molecule has 7 aromatic rings. The summed E-state index contributed by atoms with van der Waals surface area (Å²) in [5.74, 6) is 1.28. The molecule has 58 heavy (non-hydrogen) atoms. The number of hydrogen-bond donors (Lipinski definition) is 0. The second-order valence-corrected chi connectivity index (χ2v) is 18.1. The number of benzene rings is 7. The Morgan fingerprint density at radius 2 is 0.828 bits per heavy atom. The number of fused-ring (bicyclic) bond motifs is 2. The molecular weight excluding hydrogens is 697 g/mol. The van der Waals surface area contributed by atoms with Crippen molar-refractivity contribution in [2.75, 3.05) is 0 Å². The fourth-order valence-corrected chi connectivity index (χ4v) is 11.3. The molecule has 2 aliphatic rings. The standard InChI is InChI=1S/C58H64/c1-5-9-11-13-19-41-25-27-45(51(37-41)43-21-15-16-22-43)47-29-31-49-50-32-30-48(46-28-26-42(20-14-12-10-6-2)38-52(46)44-23-17-18-24-44)54-34-40(8-4)36-56(58(50)54)55-35-39(7-3)33-53(47)57(49)55/h7-8,25-38,43-44H,3-6,9-24H2,1-2H3. The van der Waals surface area contributed by atoms with Crippen molar-refractivity contribution in [2.24, 2.45) is 0 Å². The third kappa shape index (κ3) is 7.31. The van der Waals surface area contributed by atoms with Crippen molar-refractivity contribution in [3.05, 3.63) is 131 Å². The van der Waals surface area contributed by atoms with Gasteiger partial charge in [0.1, 0.15) is 0 Å². The first-order chi connectivity index (χ1) is 28.6. The van der Waals surface area contributed by atoms with Crippen molar-refractivity contribution in [1.82, 2.24) is 0 Å². The zero-order valence-electron chi connectivity index (χ0n) is 35.5. The summed E-state index contributed by atoms with van der Waals surface area (Å²) < 4.78 is 0. The van der Waals surface area contributed by atoms with Gasteiger partial charge in [0.25, 0.3) is 0 Å². The van der Waals surface area contributed by atoms with Gasteiger partial charge in [-0.25, -0.2) is 0 Å². The molecule has 0 heterocycles. The quantitative estimate of drug-likeness (QED) is 0.0523. The van der Waals surface area contributed by atoms with Crippen LogP contribution in [-0.2, 0) is 12.8 Å². The molecule has 0 nitrogen and oxygen atoms in total. The summed E-state index contributed by atoms with van der Waals surface area (Å²) in [6.45, 7) is 13.3. The molecule has 296 valence electrons. The SMILES string of the molecule is C=Cc1cc2c(-c3ccc(CCCCCC)cc3C3CCCC3)ccc3c4ccc(-c5ccc(CCCCCC)cc5C5CCCC5)c5cc(C=C)cc(c(c1)c23)c54. The Morgan fingerprint density at radius 1 is 0.431 bits per heavy atom. The third-order valence-electron chi connectivity index (χ3n) is 14.4. The van der Waals surface area contributed by atoms with Gasteiger partial charge in [0.2, 0.25) is 0 Å². The van der Waals surface area contributed by atoms with Crippen LogP contribution >= 0.6 is 0 Å². The number of aryl methyl sites for hydroxylation is 2. The highest BCUT2D eigenvalue weighted by Gasteiger charge is 2.26. The van der Waals surface area contributed by atoms with Crippen LogP contribution in [0, 0.1) is 0 Å². The predicted octanol–water partition coefficient (Wildman–Crippen LogP) is 17.9. The van der Waals surface area contributed by atoms with E-state index in [1.165, 1.54) is 203 Å². The Kier molecular flexibility index (Phi) is 11.6. The maximum atomic E-state index is 4.34. The molecule has 2 aliphatic carbocycles. The van der Waals surface area contributed by atoms with Crippen molar-refractivity contribution >= 4 is 55.2 Å². The van der Waals surface area contributed by atoms with E-state index in [2.05, 4.69) is 124 Å². The molecule has 2 saturated carbocycles. The Labute approximate surface area is 348 Å². The lowest BCUT2D eigenvalue weighted by Gasteiger charge is -2.23. The zero-order valence-corrected chi connectivity index (χ0v) is 35.5. The second kappa shape index (κ2) is 17.3. The molecule has 9 rings (SSSR count). The van der Waals surface area contributed by atoms with Gasteiger partial charge >= 0.3 is 0 Å². The van der Waals surface area contributed by atoms with Gasteiger partial charge in [0.05, 0.1) is 0 Å². The summed E-state index contributed by atoms with van der Waals surface area (Å²) in [5, 5.41) is 10.8. The first-order valence-electron chi connectivity index (χ1n) is 23.3. The maximum Gasteiger partial charge on any atom is -0.00197 e. The third-order valence-corrected chi connectivity index (χ3v) is 14.4. The Balaban J connectivity index is 1.25. The van der Waals surface area contributed by atoms with Crippen LogP contribution in [0.4, 0.5) is 0 Å². The maximum absolute atomic E-state index is 4.34. The van der Waals surface area contributed by atoms with E-state index in [0.29, 0.717) is 11.8 Å². The van der Waals surface area contributed by atoms with Crippen LogP contribution in [0.25, 0.3) is 77.5 Å². The molecule has 0 amide bonds. The van der Waals surface area contributed by atoms with E-state index in [1.807, 2.05) is 0 Å². The molecule has 0 unspecified atom stereocenters. The first kappa shape index (κ1) is 38.8. The fraction of sp³-hybridized carbons (Fsp3) is 0.379. The van der Waals surface area contributed by atoms with E-state index < -0.39 is 0 Å². The topological polar surface area (TPSA) is 0 Å². The normalized spacial score (nSPS) is 15.2. The molecule has 2 fully saturated rings. The number of rotatable bonds is 16. The molecule has 0 aliphatic heterocycles. The lowest BCUT2D eigenvalue weighted by molar-refractivity contribution is 0.665. The van der Waals surface area contributed by atoms with Crippen LogP contribution in [0.5, 0.6) is 0 Å². The predicted molar refractivity (Wildman–Crippen MR) is 257 cm³/mol. The van der Waals surface area contributed by atoms with Gasteiger partial charge in [0.15, 0.2) is 0 Å². The average Bonchev–Trinajstić information content (AvgIpc) is 4.02. The summed E-state index contributed by atoms with van der Waals surface area (Å²) in [4.78, 5) is 0. The highest BCUT2D eigenvalue weighted by Crippen LogP contribution is 2.49. The summed E-state index contributed by atoms with van der Waals surface area (Å²) in [6.07, 6.45) is 27.5. The number of unbranched alkanes of at least 4 members (excludes halogenated alkanes) is 6. The van der Waals surface area contributed by atoms with Crippen molar-refractivity contribution in [2.45, 2.75) is 141 Å². The van der Waals surface area contributed by atoms with Crippen molar-refractivity contribution in [3.8, 4) is 22.3 Å². The molecule has 0 bridgehead atoms. The van der Waals surface area contributed by atoms with Crippen LogP contribution in [0.15, 0.2) is 98.1 Å². The number of hydrogen-bond acceptors (Lipinski definition) is 0. The molecule has 0 N–H and O–H groups in total. The Bertz CT molecular complexity index is 2400. The monoisotopic (exact) mass is 761 g/mol. The van der Waals surface area contributed by atoms with E-state index in [-0.39, 0.29) is 0 Å².